The molecule has 6 heteroatoms. The first-order valence-electron chi connectivity index (χ1n) is 10.9. The van der Waals surface area contributed by atoms with Crippen molar-refractivity contribution in [2.24, 2.45) is 0 Å². The maximum atomic E-state index is 13.9. The average molecular weight is 452 g/mol. The Balaban J connectivity index is 2.01. The predicted octanol–water partition coefficient (Wildman–Crippen LogP) is 4.12. The number of H-pyrrole nitrogens is 1. The van der Waals surface area contributed by atoms with E-state index in [4.69, 9.17) is 0 Å². The van der Waals surface area contributed by atoms with Crippen LogP contribution >= 0.6 is 0 Å². The summed E-state index contributed by atoms with van der Waals surface area (Å²) < 4.78 is 0. The molecule has 1 aromatic heterocycles. The van der Waals surface area contributed by atoms with E-state index in [0.717, 1.165) is 0 Å². The lowest BCUT2D eigenvalue weighted by Gasteiger charge is -2.08. The summed E-state index contributed by atoms with van der Waals surface area (Å²) >= 11 is 0. The van der Waals surface area contributed by atoms with E-state index in [0.29, 0.717) is 27.4 Å². The van der Waals surface area contributed by atoms with Crippen LogP contribution in [0.5, 0.6) is 0 Å². The molecule has 1 N–H and O–H groups in total. The molecule has 0 aliphatic rings. The summed E-state index contributed by atoms with van der Waals surface area (Å²) in [6.07, 6.45) is 0. The second-order valence-corrected chi connectivity index (χ2v) is 8.65. The fraction of sp³-hybridized carbons (Fsp3) is 0. The molecule has 1 heterocycles. The Morgan fingerprint density at radius 1 is 0.543 bits per heavy atom. The maximum Gasteiger partial charge on any atom is 0.196 e. The van der Waals surface area contributed by atoms with Crippen LogP contribution in [0.3, 0.4) is 0 Å². The molecule has 0 unspecified atom stereocenters. The number of nitriles is 1. The molecule has 162 valence electrons. The number of fused-ring (bicyclic) bond motifs is 10. The first kappa shape index (κ1) is 19.3. The van der Waals surface area contributed by atoms with Gasteiger partial charge in [-0.05, 0) is 18.2 Å². The minimum atomic E-state index is -0.473. The van der Waals surface area contributed by atoms with Crippen LogP contribution in [-0.4, -0.2) is 4.98 Å². The number of nitrogens with one attached hydrogen (secondary N) is 1. The van der Waals surface area contributed by atoms with Gasteiger partial charge in [-0.1, -0.05) is 48.5 Å². The van der Waals surface area contributed by atoms with E-state index in [-0.39, 0.29) is 43.1 Å². The van der Waals surface area contributed by atoms with Crippen LogP contribution in [0.4, 0.5) is 0 Å². The monoisotopic (exact) mass is 452 g/mol. The van der Waals surface area contributed by atoms with E-state index in [1.807, 2.05) is 0 Å². The van der Waals surface area contributed by atoms with Gasteiger partial charge in [-0.15, -0.1) is 0 Å². The van der Waals surface area contributed by atoms with Crippen LogP contribution in [-0.2, 0) is 0 Å². The molecule has 35 heavy (non-hydrogen) atoms. The Bertz CT molecular complexity index is 2370. The lowest BCUT2D eigenvalue weighted by Crippen LogP contribution is -2.19. The van der Waals surface area contributed by atoms with Crippen LogP contribution in [0.1, 0.15) is 5.56 Å². The first-order valence-corrected chi connectivity index (χ1v) is 10.9. The lowest BCUT2D eigenvalue weighted by molar-refractivity contribution is 1.49. The van der Waals surface area contributed by atoms with Gasteiger partial charge in [0.25, 0.3) is 0 Å². The Kier molecular flexibility index (Phi) is 3.57. The molecule has 0 spiro atoms. The van der Waals surface area contributed by atoms with Gasteiger partial charge in [0.15, 0.2) is 21.7 Å². The van der Waals surface area contributed by atoms with Gasteiger partial charge in [0.05, 0.1) is 22.5 Å². The van der Waals surface area contributed by atoms with Crippen LogP contribution in [0.25, 0.3) is 64.9 Å². The Labute approximate surface area is 194 Å². The molecule has 7 rings (SSSR count). The lowest BCUT2D eigenvalue weighted by atomic mass is 9.91. The highest BCUT2D eigenvalue weighted by Crippen LogP contribution is 2.36. The molecule has 0 aliphatic heterocycles. The van der Waals surface area contributed by atoms with Crippen molar-refractivity contribution in [3.63, 3.8) is 0 Å². The second-order valence-electron chi connectivity index (χ2n) is 8.65. The summed E-state index contributed by atoms with van der Waals surface area (Å²) in [5.41, 5.74) is -0.456. The number of nitrogens with zero attached hydrogens (tertiary/aromatic N) is 1. The Morgan fingerprint density at radius 2 is 1.00 bits per heavy atom. The molecular weight excluding hydrogens is 440 g/mol. The second kappa shape index (κ2) is 6.46. The molecule has 0 saturated heterocycles. The van der Waals surface area contributed by atoms with Crippen LogP contribution in [0, 0.1) is 11.3 Å². The predicted molar refractivity (Wildman–Crippen MR) is 138 cm³/mol. The van der Waals surface area contributed by atoms with E-state index in [2.05, 4.69) is 11.1 Å². The van der Waals surface area contributed by atoms with Gasteiger partial charge in [0, 0.05) is 54.0 Å². The smallest absolute Gasteiger partial charge is 0.196 e. The summed E-state index contributed by atoms with van der Waals surface area (Å²) in [6.45, 7) is 0. The highest BCUT2D eigenvalue weighted by Gasteiger charge is 2.24. The largest absolute Gasteiger partial charge is 0.354 e. The summed E-state index contributed by atoms with van der Waals surface area (Å²) in [5, 5.41) is 11.3. The number of hydrogen-bond acceptors (Lipinski definition) is 5. The minimum absolute atomic E-state index is 0.0453. The van der Waals surface area contributed by atoms with Gasteiger partial charge < -0.3 is 4.98 Å². The fourth-order valence-corrected chi connectivity index (χ4v) is 5.41. The third-order valence-electron chi connectivity index (χ3n) is 6.92. The normalized spacial score (nSPS) is 11.9. The van der Waals surface area contributed by atoms with Crippen LogP contribution < -0.4 is 21.7 Å². The van der Waals surface area contributed by atoms with Crippen molar-refractivity contribution in [1.29, 1.82) is 5.26 Å². The van der Waals surface area contributed by atoms with Crippen molar-refractivity contribution in [2.45, 2.75) is 0 Å². The van der Waals surface area contributed by atoms with Gasteiger partial charge in [0.2, 0.25) is 0 Å². The molecule has 0 amide bonds. The molecule has 6 aromatic carbocycles. The number of aromatic nitrogens is 1. The van der Waals surface area contributed by atoms with Gasteiger partial charge in [-0.25, -0.2) is 0 Å². The molecule has 0 radical (unpaired) electrons. The van der Waals surface area contributed by atoms with Crippen LogP contribution in [0.2, 0.25) is 0 Å². The highest BCUT2D eigenvalue weighted by atomic mass is 16.1. The van der Waals surface area contributed by atoms with E-state index < -0.39 is 21.7 Å². The average Bonchev–Trinajstić information content (AvgIpc) is 3.27. The van der Waals surface area contributed by atoms with Crippen LogP contribution in [0.15, 0.2) is 85.9 Å². The van der Waals surface area contributed by atoms with Crippen molar-refractivity contribution < 1.29 is 0 Å². The van der Waals surface area contributed by atoms with Crippen molar-refractivity contribution in [3.8, 4) is 6.07 Å². The molecule has 0 saturated carbocycles. The van der Waals surface area contributed by atoms with E-state index in [1.54, 1.807) is 66.7 Å². The summed E-state index contributed by atoms with van der Waals surface area (Å²) in [4.78, 5) is 58.4. The molecule has 7 aromatic rings. The van der Waals surface area contributed by atoms with Crippen molar-refractivity contribution in [3.05, 3.63) is 113 Å². The third-order valence-corrected chi connectivity index (χ3v) is 6.92. The molecule has 6 nitrogen and oxygen atoms in total. The summed E-state index contributed by atoms with van der Waals surface area (Å²) in [7, 11) is 0. The van der Waals surface area contributed by atoms with Crippen molar-refractivity contribution in [2.75, 3.05) is 0 Å². The van der Waals surface area contributed by atoms with E-state index in [9.17, 15) is 24.4 Å². The fourth-order valence-electron chi connectivity index (χ4n) is 5.41. The zero-order valence-corrected chi connectivity index (χ0v) is 17.9. The molecule has 0 atom stereocenters. The standard InChI is InChI=1S/C29H12N2O4/c30-12-13-9-10-19-18(11-13)20-21-22(27(33)15-6-2-1-5-14(15)26(21)32)23-24(25(20)31-19)29(35)17-8-4-3-7-16(17)28(23)34/h1-11,31H. The molecule has 0 bridgehead atoms. The SMILES string of the molecule is N#Cc1ccc2[nH]c3c4c(=O)c5ccccc5c(=O)c4c4c(=O)c5ccccc5c(=O)c4c3c2c1. The van der Waals surface area contributed by atoms with Gasteiger partial charge in [-0.2, -0.15) is 5.26 Å². The zero-order valence-electron chi connectivity index (χ0n) is 17.9. The summed E-state index contributed by atoms with van der Waals surface area (Å²) in [5.74, 6) is 0. The molecular formula is C29H12N2O4. The van der Waals surface area contributed by atoms with Gasteiger partial charge in [-0.3, -0.25) is 19.2 Å². The third kappa shape index (κ3) is 2.26. The van der Waals surface area contributed by atoms with Gasteiger partial charge >= 0.3 is 0 Å². The zero-order chi connectivity index (χ0) is 24.0. The number of aromatic amines is 1. The van der Waals surface area contributed by atoms with Gasteiger partial charge in [0.1, 0.15) is 0 Å². The first-order chi connectivity index (χ1) is 17.0. The Morgan fingerprint density at radius 3 is 1.51 bits per heavy atom. The summed E-state index contributed by atoms with van der Waals surface area (Å²) in [6, 6.07) is 20.0. The number of hydrogen-bond donors (Lipinski definition) is 1. The van der Waals surface area contributed by atoms with E-state index >= 15 is 0 Å². The topological polar surface area (TPSA) is 108 Å². The van der Waals surface area contributed by atoms with Crippen molar-refractivity contribution in [1.82, 2.24) is 4.98 Å². The number of benzene rings is 6. The number of rotatable bonds is 0. The van der Waals surface area contributed by atoms with Crippen molar-refractivity contribution >= 4 is 64.9 Å². The quantitative estimate of drug-likeness (QED) is 0.275. The Hall–Kier alpha value is -5.15. The molecule has 0 fully saturated rings. The maximum absolute atomic E-state index is 13.9. The minimum Gasteiger partial charge on any atom is -0.354 e. The highest BCUT2D eigenvalue weighted by molar-refractivity contribution is 6.33. The molecule has 0 aliphatic carbocycles. The van der Waals surface area contributed by atoms with E-state index in [1.165, 1.54) is 0 Å².